The van der Waals surface area contributed by atoms with Crippen molar-refractivity contribution >= 4 is 17.4 Å². The summed E-state index contributed by atoms with van der Waals surface area (Å²) in [6.07, 6.45) is -0.274. The van der Waals surface area contributed by atoms with Gasteiger partial charge in [-0.2, -0.15) is 0 Å². The summed E-state index contributed by atoms with van der Waals surface area (Å²) in [5.41, 5.74) is -0.00926. The van der Waals surface area contributed by atoms with Gasteiger partial charge < -0.3 is 0 Å². The Labute approximate surface area is 116 Å². The Bertz CT molecular complexity index is 662. The van der Waals surface area contributed by atoms with Crippen molar-refractivity contribution < 1.29 is 22.4 Å². The highest BCUT2D eigenvalue weighted by atomic mass is 35.5. The fourth-order valence-corrected chi connectivity index (χ4v) is 1.89. The highest BCUT2D eigenvalue weighted by Gasteiger charge is 2.16. The number of hydrogen-bond donors (Lipinski definition) is 0. The zero-order valence-electron chi connectivity index (χ0n) is 9.89. The maximum atomic E-state index is 13.0. The van der Waals surface area contributed by atoms with Gasteiger partial charge in [-0.3, -0.25) is 4.79 Å². The molecule has 0 radical (unpaired) electrons. The summed E-state index contributed by atoms with van der Waals surface area (Å²) in [7, 11) is 0. The molecule has 0 aromatic heterocycles. The van der Waals surface area contributed by atoms with Gasteiger partial charge in [0.2, 0.25) is 0 Å². The fourth-order valence-electron chi connectivity index (χ4n) is 1.66. The Morgan fingerprint density at radius 2 is 1.60 bits per heavy atom. The SMILES string of the molecule is O=C(Cc1ccc(F)cc1Cl)c1cc(F)c(F)c(F)c1. The number of carbonyl (C=O) groups is 1. The zero-order chi connectivity index (χ0) is 14.9. The van der Waals surface area contributed by atoms with Crippen molar-refractivity contribution in [1.82, 2.24) is 0 Å². The van der Waals surface area contributed by atoms with Crippen LogP contribution >= 0.6 is 11.6 Å². The average Bonchev–Trinajstić information content (AvgIpc) is 2.38. The van der Waals surface area contributed by atoms with Crippen LogP contribution in [0.5, 0.6) is 0 Å². The van der Waals surface area contributed by atoms with Crippen LogP contribution in [0.25, 0.3) is 0 Å². The van der Waals surface area contributed by atoms with Gasteiger partial charge in [-0.05, 0) is 29.8 Å². The number of rotatable bonds is 3. The largest absolute Gasteiger partial charge is 0.294 e. The molecule has 0 heterocycles. The molecule has 0 bridgehead atoms. The predicted octanol–water partition coefficient (Wildman–Crippen LogP) is 4.32. The van der Waals surface area contributed by atoms with Crippen LogP contribution in [0.15, 0.2) is 30.3 Å². The van der Waals surface area contributed by atoms with E-state index in [1.54, 1.807) is 0 Å². The Hall–Kier alpha value is -1.88. The molecule has 0 aliphatic heterocycles. The van der Waals surface area contributed by atoms with Crippen LogP contribution in [0, 0.1) is 23.3 Å². The Balaban J connectivity index is 2.28. The number of benzene rings is 2. The Kier molecular flexibility index (Phi) is 4.09. The van der Waals surface area contributed by atoms with Gasteiger partial charge in [0.25, 0.3) is 0 Å². The molecule has 0 saturated carbocycles. The lowest BCUT2D eigenvalue weighted by Gasteiger charge is -2.05. The van der Waals surface area contributed by atoms with Crippen LogP contribution in [0.1, 0.15) is 15.9 Å². The molecule has 104 valence electrons. The molecule has 2 rings (SSSR count). The molecule has 0 N–H and O–H groups in total. The Morgan fingerprint density at radius 3 is 2.15 bits per heavy atom. The summed E-state index contributed by atoms with van der Waals surface area (Å²) in [4.78, 5) is 11.9. The van der Waals surface area contributed by atoms with Gasteiger partial charge in [0.15, 0.2) is 23.2 Å². The number of hydrogen-bond acceptors (Lipinski definition) is 1. The summed E-state index contributed by atoms with van der Waals surface area (Å²) in [6, 6.07) is 4.65. The van der Waals surface area contributed by atoms with E-state index in [1.165, 1.54) is 6.07 Å². The lowest BCUT2D eigenvalue weighted by molar-refractivity contribution is 0.0992. The van der Waals surface area contributed by atoms with Gasteiger partial charge in [-0.25, -0.2) is 17.6 Å². The molecule has 1 nitrogen and oxygen atoms in total. The van der Waals surface area contributed by atoms with Gasteiger partial charge in [0.05, 0.1) is 0 Å². The summed E-state index contributed by atoms with van der Waals surface area (Å²) >= 11 is 5.75. The van der Waals surface area contributed by atoms with Gasteiger partial charge in [-0.1, -0.05) is 17.7 Å². The molecule has 0 saturated heterocycles. The van der Waals surface area contributed by atoms with E-state index < -0.39 is 29.1 Å². The maximum absolute atomic E-state index is 13.0. The number of halogens is 5. The summed E-state index contributed by atoms with van der Waals surface area (Å²) in [6.45, 7) is 0. The second kappa shape index (κ2) is 5.63. The second-order valence-electron chi connectivity index (χ2n) is 4.09. The third-order valence-electron chi connectivity index (χ3n) is 2.67. The topological polar surface area (TPSA) is 17.1 Å². The van der Waals surface area contributed by atoms with Crippen molar-refractivity contribution in [1.29, 1.82) is 0 Å². The van der Waals surface area contributed by atoms with Crippen molar-refractivity contribution in [3.63, 3.8) is 0 Å². The lowest BCUT2D eigenvalue weighted by atomic mass is 10.0. The quantitative estimate of drug-likeness (QED) is 0.469. The molecule has 6 heteroatoms. The number of ketones is 1. The minimum Gasteiger partial charge on any atom is -0.294 e. The van der Waals surface area contributed by atoms with Crippen LogP contribution in [0.3, 0.4) is 0 Å². The fraction of sp³-hybridized carbons (Fsp3) is 0.0714. The average molecular weight is 303 g/mol. The van der Waals surface area contributed by atoms with Crippen molar-refractivity contribution in [2.75, 3.05) is 0 Å². The molecule has 0 amide bonds. The van der Waals surface area contributed by atoms with Crippen LogP contribution in [0.4, 0.5) is 17.6 Å². The van der Waals surface area contributed by atoms with Gasteiger partial charge in [-0.15, -0.1) is 0 Å². The van der Waals surface area contributed by atoms with E-state index in [0.29, 0.717) is 17.7 Å². The zero-order valence-corrected chi connectivity index (χ0v) is 10.6. The second-order valence-corrected chi connectivity index (χ2v) is 4.50. The molecular weight excluding hydrogens is 296 g/mol. The normalized spacial score (nSPS) is 10.7. The van der Waals surface area contributed by atoms with E-state index >= 15 is 0 Å². The number of Topliss-reactive ketones (excluding diaryl/α,β-unsaturated/α-hetero) is 1. The molecule has 0 atom stereocenters. The van der Waals surface area contributed by atoms with E-state index in [2.05, 4.69) is 0 Å². The predicted molar refractivity (Wildman–Crippen MR) is 65.8 cm³/mol. The molecule has 0 unspecified atom stereocenters. The van der Waals surface area contributed by atoms with Crippen LogP contribution < -0.4 is 0 Å². The third kappa shape index (κ3) is 2.99. The monoisotopic (exact) mass is 302 g/mol. The van der Waals surface area contributed by atoms with E-state index in [0.717, 1.165) is 12.1 Å². The summed E-state index contributed by atoms with van der Waals surface area (Å²) < 4.78 is 51.7. The van der Waals surface area contributed by atoms with Crippen molar-refractivity contribution in [3.8, 4) is 0 Å². The van der Waals surface area contributed by atoms with Gasteiger partial charge >= 0.3 is 0 Å². The summed E-state index contributed by atoms with van der Waals surface area (Å²) in [5.74, 6) is -5.75. The lowest BCUT2D eigenvalue weighted by Crippen LogP contribution is -2.06. The molecule has 0 aliphatic rings. The van der Waals surface area contributed by atoms with Crippen molar-refractivity contribution in [2.45, 2.75) is 6.42 Å². The first-order valence-corrected chi connectivity index (χ1v) is 5.88. The van der Waals surface area contributed by atoms with E-state index in [4.69, 9.17) is 11.6 Å². The molecule has 20 heavy (non-hydrogen) atoms. The van der Waals surface area contributed by atoms with Crippen molar-refractivity contribution in [3.05, 3.63) is 69.8 Å². The molecule has 0 aliphatic carbocycles. The first-order chi connectivity index (χ1) is 9.38. The van der Waals surface area contributed by atoms with Crippen LogP contribution in [0.2, 0.25) is 5.02 Å². The van der Waals surface area contributed by atoms with E-state index in [1.807, 2.05) is 0 Å². The molecule has 0 fully saturated rings. The summed E-state index contributed by atoms with van der Waals surface area (Å²) in [5, 5.41) is 0.0291. The first kappa shape index (κ1) is 14.5. The van der Waals surface area contributed by atoms with Crippen LogP contribution in [-0.4, -0.2) is 5.78 Å². The number of carbonyl (C=O) groups excluding carboxylic acids is 1. The maximum Gasteiger partial charge on any atom is 0.194 e. The standard InChI is InChI=1S/C14H7ClF4O/c15-10-6-9(16)2-1-7(10)5-13(20)8-3-11(17)14(19)12(18)4-8/h1-4,6H,5H2. The van der Waals surface area contributed by atoms with E-state index in [-0.39, 0.29) is 17.0 Å². The highest BCUT2D eigenvalue weighted by molar-refractivity contribution is 6.31. The van der Waals surface area contributed by atoms with Gasteiger partial charge in [0.1, 0.15) is 5.82 Å². The first-order valence-electron chi connectivity index (χ1n) is 5.50. The molecular formula is C14H7ClF4O. The highest BCUT2D eigenvalue weighted by Crippen LogP contribution is 2.20. The van der Waals surface area contributed by atoms with Crippen molar-refractivity contribution in [2.24, 2.45) is 0 Å². The van der Waals surface area contributed by atoms with Crippen LogP contribution in [-0.2, 0) is 6.42 Å². The van der Waals surface area contributed by atoms with Gasteiger partial charge in [0, 0.05) is 17.0 Å². The van der Waals surface area contributed by atoms with E-state index in [9.17, 15) is 22.4 Å². The third-order valence-corrected chi connectivity index (χ3v) is 3.02. The minimum atomic E-state index is -1.64. The molecule has 2 aromatic carbocycles. The smallest absolute Gasteiger partial charge is 0.194 e. The molecule has 2 aromatic rings. The molecule has 0 spiro atoms. The minimum absolute atomic E-state index is 0.0291. The Morgan fingerprint density at radius 1 is 1.00 bits per heavy atom.